The van der Waals surface area contributed by atoms with Gasteiger partial charge in [0.25, 0.3) is 0 Å². The normalized spacial score (nSPS) is 13.1. The Kier molecular flexibility index (Phi) is 5.88. The van der Waals surface area contributed by atoms with Crippen LogP contribution in [0.2, 0.25) is 0 Å². The molecule has 0 aliphatic carbocycles. The molecule has 1 rings (SSSR count). The zero-order valence-electron chi connectivity index (χ0n) is 12.2. The van der Waals surface area contributed by atoms with Crippen LogP contribution in [0.4, 0.5) is 5.69 Å². The Hall–Kier alpha value is -1.00. The van der Waals surface area contributed by atoms with E-state index in [1.54, 1.807) is 11.8 Å². The van der Waals surface area contributed by atoms with Gasteiger partial charge < -0.3 is 11.1 Å². The van der Waals surface area contributed by atoms with E-state index in [1.807, 2.05) is 31.2 Å². The van der Waals surface area contributed by atoms with Crippen LogP contribution in [0.5, 0.6) is 0 Å². The molecule has 0 aliphatic rings. The van der Waals surface area contributed by atoms with Gasteiger partial charge in [0, 0.05) is 15.3 Å². The minimum Gasteiger partial charge on any atom is -0.325 e. The first kappa shape index (κ1) is 16.1. The summed E-state index contributed by atoms with van der Waals surface area (Å²) in [5.74, 6) is -0.113. The van der Waals surface area contributed by atoms with Crippen molar-refractivity contribution in [2.24, 2.45) is 5.73 Å². The maximum absolute atomic E-state index is 11.8. The number of anilines is 1. The lowest BCUT2D eigenvalue weighted by atomic mass is 10.1. The number of benzene rings is 1. The van der Waals surface area contributed by atoms with Gasteiger partial charge in [0.2, 0.25) is 5.91 Å². The van der Waals surface area contributed by atoms with Gasteiger partial charge in [0.1, 0.15) is 0 Å². The SMILES string of the molecule is CCCC(N)C(=O)Nc1ccc(SC(C)(C)C)cc1. The smallest absolute Gasteiger partial charge is 0.241 e. The second-order valence-electron chi connectivity index (χ2n) is 5.62. The molecule has 0 saturated carbocycles. The van der Waals surface area contributed by atoms with Crippen LogP contribution in [-0.4, -0.2) is 16.7 Å². The van der Waals surface area contributed by atoms with Gasteiger partial charge in [-0.25, -0.2) is 0 Å². The molecule has 19 heavy (non-hydrogen) atoms. The van der Waals surface area contributed by atoms with Crippen molar-refractivity contribution in [1.82, 2.24) is 0 Å². The highest BCUT2D eigenvalue weighted by atomic mass is 32.2. The molecule has 0 bridgehead atoms. The first-order chi connectivity index (χ1) is 8.81. The lowest BCUT2D eigenvalue weighted by molar-refractivity contribution is -0.117. The number of nitrogens with two attached hydrogens (primary N) is 1. The minimum atomic E-state index is -0.423. The highest BCUT2D eigenvalue weighted by Crippen LogP contribution is 2.32. The van der Waals surface area contributed by atoms with Crippen molar-refractivity contribution in [3.63, 3.8) is 0 Å². The molecule has 3 N–H and O–H groups in total. The molecule has 4 heteroatoms. The molecule has 0 fully saturated rings. The molecule has 0 saturated heterocycles. The summed E-state index contributed by atoms with van der Waals surface area (Å²) in [6.07, 6.45) is 1.62. The van der Waals surface area contributed by atoms with Crippen molar-refractivity contribution >= 4 is 23.4 Å². The molecule has 1 aromatic rings. The van der Waals surface area contributed by atoms with E-state index in [2.05, 4.69) is 26.1 Å². The second kappa shape index (κ2) is 6.96. The van der Waals surface area contributed by atoms with E-state index in [0.29, 0.717) is 6.42 Å². The maximum atomic E-state index is 11.8. The molecule has 0 spiro atoms. The van der Waals surface area contributed by atoms with Crippen LogP contribution >= 0.6 is 11.8 Å². The van der Waals surface area contributed by atoms with Gasteiger partial charge >= 0.3 is 0 Å². The van der Waals surface area contributed by atoms with E-state index in [0.717, 1.165) is 12.1 Å². The summed E-state index contributed by atoms with van der Waals surface area (Å²) in [6.45, 7) is 8.55. The minimum absolute atomic E-state index is 0.113. The molecule has 3 nitrogen and oxygen atoms in total. The number of rotatable bonds is 5. The molecular weight excluding hydrogens is 256 g/mol. The third-order valence-corrected chi connectivity index (χ3v) is 3.60. The Bertz CT molecular complexity index is 409. The quantitative estimate of drug-likeness (QED) is 0.810. The van der Waals surface area contributed by atoms with Crippen molar-refractivity contribution in [3.05, 3.63) is 24.3 Å². The largest absolute Gasteiger partial charge is 0.325 e. The van der Waals surface area contributed by atoms with Crippen LogP contribution in [0.15, 0.2) is 29.2 Å². The number of hydrogen-bond acceptors (Lipinski definition) is 3. The monoisotopic (exact) mass is 280 g/mol. The predicted octanol–water partition coefficient (Wildman–Crippen LogP) is 3.64. The van der Waals surface area contributed by atoms with Gasteiger partial charge in [0.05, 0.1) is 6.04 Å². The number of carbonyl (C=O) groups is 1. The standard InChI is InChI=1S/C15H24N2OS/c1-5-6-13(16)14(18)17-11-7-9-12(10-8-11)19-15(2,3)4/h7-10,13H,5-6,16H2,1-4H3,(H,17,18). The number of carbonyl (C=O) groups excluding carboxylic acids is 1. The van der Waals surface area contributed by atoms with Crippen LogP contribution in [0.25, 0.3) is 0 Å². The first-order valence-corrected chi connectivity index (χ1v) is 7.49. The summed E-state index contributed by atoms with van der Waals surface area (Å²) in [5.41, 5.74) is 6.57. The lowest BCUT2D eigenvalue weighted by Gasteiger charge is -2.17. The molecule has 1 amide bonds. The molecular formula is C15H24N2OS. The van der Waals surface area contributed by atoms with E-state index in [-0.39, 0.29) is 10.7 Å². The maximum Gasteiger partial charge on any atom is 0.241 e. The van der Waals surface area contributed by atoms with Gasteiger partial charge in [-0.2, -0.15) is 0 Å². The number of thioether (sulfide) groups is 1. The lowest BCUT2D eigenvalue weighted by Crippen LogP contribution is -2.35. The molecule has 0 heterocycles. The van der Waals surface area contributed by atoms with E-state index in [9.17, 15) is 4.79 Å². The van der Waals surface area contributed by atoms with Gasteiger partial charge in [-0.05, 0) is 30.7 Å². The van der Waals surface area contributed by atoms with E-state index in [1.165, 1.54) is 4.90 Å². The Morgan fingerprint density at radius 3 is 2.37 bits per heavy atom. The summed E-state index contributed by atoms with van der Waals surface area (Å²) in [5, 5.41) is 2.84. The van der Waals surface area contributed by atoms with Gasteiger partial charge in [-0.3, -0.25) is 4.79 Å². The first-order valence-electron chi connectivity index (χ1n) is 6.67. The predicted molar refractivity (Wildman–Crippen MR) is 83.6 cm³/mol. The van der Waals surface area contributed by atoms with Crippen LogP contribution in [-0.2, 0) is 4.79 Å². The molecule has 1 aromatic carbocycles. The topological polar surface area (TPSA) is 55.1 Å². The molecule has 0 aliphatic heterocycles. The van der Waals surface area contributed by atoms with E-state index < -0.39 is 6.04 Å². The molecule has 0 aromatic heterocycles. The average Bonchev–Trinajstić information content (AvgIpc) is 2.30. The van der Waals surface area contributed by atoms with E-state index in [4.69, 9.17) is 5.73 Å². The van der Waals surface area contributed by atoms with Crippen LogP contribution in [0.1, 0.15) is 40.5 Å². The van der Waals surface area contributed by atoms with Crippen molar-refractivity contribution < 1.29 is 4.79 Å². The highest BCUT2D eigenvalue weighted by Gasteiger charge is 2.13. The van der Waals surface area contributed by atoms with Gasteiger partial charge in [0.15, 0.2) is 0 Å². The fourth-order valence-corrected chi connectivity index (χ4v) is 2.62. The Labute approximate surface area is 120 Å². The van der Waals surface area contributed by atoms with E-state index >= 15 is 0 Å². The zero-order valence-corrected chi connectivity index (χ0v) is 13.0. The van der Waals surface area contributed by atoms with Gasteiger partial charge in [-0.15, -0.1) is 11.8 Å². The Balaban J connectivity index is 2.59. The summed E-state index contributed by atoms with van der Waals surface area (Å²) in [7, 11) is 0. The summed E-state index contributed by atoms with van der Waals surface area (Å²) in [4.78, 5) is 13.0. The third kappa shape index (κ3) is 6.12. The molecule has 1 unspecified atom stereocenters. The fraction of sp³-hybridized carbons (Fsp3) is 0.533. The van der Waals surface area contributed by atoms with Crippen LogP contribution in [0.3, 0.4) is 0 Å². The second-order valence-corrected chi connectivity index (χ2v) is 7.52. The summed E-state index contributed by atoms with van der Waals surface area (Å²) < 4.78 is 0.189. The van der Waals surface area contributed by atoms with Crippen molar-refractivity contribution in [3.8, 4) is 0 Å². The van der Waals surface area contributed by atoms with Crippen molar-refractivity contribution in [2.75, 3.05) is 5.32 Å². The molecule has 1 atom stereocenters. The molecule has 106 valence electrons. The highest BCUT2D eigenvalue weighted by molar-refractivity contribution is 8.00. The number of hydrogen-bond donors (Lipinski definition) is 2. The molecule has 0 radical (unpaired) electrons. The Morgan fingerprint density at radius 1 is 1.32 bits per heavy atom. The summed E-state index contributed by atoms with van der Waals surface area (Å²) in [6, 6.07) is 7.47. The zero-order chi connectivity index (χ0) is 14.5. The third-order valence-electron chi connectivity index (χ3n) is 2.48. The fourth-order valence-electron chi connectivity index (χ4n) is 1.64. The van der Waals surface area contributed by atoms with Gasteiger partial charge in [-0.1, -0.05) is 34.1 Å². The Morgan fingerprint density at radius 2 is 1.89 bits per heavy atom. The van der Waals surface area contributed by atoms with Crippen LogP contribution < -0.4 is 11.1 Å². The summed E-state index contributed by atoms with van der Waals surface area (Å²) >= 11 is 1.81. The number of amides is 1. The number of nitrogens with one attached hydrogen (secondary N) is 1. The van der Waals surface area contributed by atoms with Crippen LogP contribution in [0, 0.1) is 0 Å². The van der Waals surface area contributed by atoms with Crippen molar-refractivity contribution in [2.45, 2.75) is 56.2 Å². The van der Waals surface area contributed by atoms with Crippen molar-refractivity contribution in [1.29, 1.82) is 0 Å². The average molecular weight is 280 g/mol.